The first-order valence-electron chi connectivity index (χ1n) is 23.7. The molecule has 6 heterocycles. The Morgan fingerprint density at radius 3 is 0.942 bits per heavy atom. The number of hydrogen-bond acceptors (Lipinski definition) is 3. The van der Waals surface area contributed by atoms with Crippen LogP contribution in [-0.2, 0) is 0 Å². The van der Waals surface area contributed by atoms with Gasteiger partial charge in [-0.15, -0.1) is 0 Å². The van der Waals surface area contributed by atoms with E-state index in [1.807, 2.05) is 0 Å². The monoisotopic (exact) mass is 992 g/mol. The normalized spacial score (nSPS) is 14.0. The van der Waals surface area contributed by atoms with Gasteiger partial charge in [0.15, 0.2) is 0 Å². The number of aromatic nitrogens is 3. The summed E-state index contributed by atoms with van der Waals surface area (Å²) in [6.07, 6.45) is 0. The number of hydrogen-bond donors (Lipinski definition) is 0. The summed E-state index contributed by atoms with van der Waals surface area (Å²) >= 11 is -4.13. The summed E-state index contributed by atoms with van der Waals surface area (Å²) < 4.78 is 26.2. The van der Waals surface area contributed by atoms with Gasteiger partial charge in [-0.05, 0) is 0 Å². The van der Waals surface area contributed by atoms with Crippen LogP contribution in [-0.4, -0.2) is 32.1 Å². The van der Waals surface area contributed by atoms with E-state index in [1.54, 1.807) is 0 Å². The molecule has 0 N–H and O–H groups in total. The molecule has 13 aromatic rings. The molecule has 0 saturated carbocycles. The summed E-state index contributed by atoms with van der Waals surface area (Å²) in [7, 11) is 0. The molecular formula is C62H40N4O2Sn. The van der Waals surface area contributed by atoms with Gasteiger partial charge in [0.2, 0.25) is 0 Å². The third kappa shape index (κ3) is 4.91. The zero-order chi connectivity index (χ0) is 45.3. The van der Waals surface area contributed by atoms with Crippen molar-refractivity contribution in [3.63, 3.8) is 0 Å². The number of ether oxygens (including phenoxy) is 2. The van der Waals surface area contributed by atoms with Gasteiger partial charge in [-0.2, -0.15) is 0 Å². The Bertz CT molecular complexity index is 4070. The van der Waals surface area contributed by atoms with Crippen LogP contribution < -0.4 is 25.1 Å². The maximum absolute atomic E-state index is 7.54. The molecule has 7 heteroatoms. The fourth-order valence-electron chi connectivity index (χ4n) is 12.6. The van der Waals surface area contributed by atoms with E-state index in [0.717, 1.165) is 90.2 Å². The van der Waals surface area contributed by atoms with Crippen LogP contribution in [0.1, 0.15) is 5.56 Å². The van der Waals surface area contributed by atoms with E-state index >= 15 is 0 Å². The molecule has 0 aliphatic carbocycles. The van der Waals surface area contributed by atoms with Crippen molar-refractivity contribution >= 4 is 112 Å². The summed E-state index contributed by atoms with van der Waals surface area (Å²) in [6.45, 7) is 2.16. The Labute approximate surface area is 400 Å². The number of benzene rings is 10. The zero-order valence-corrected chi connectivity index (χ0v) is 40.6. The van der Waals surface area contributed by atoms with Gasteiger partial charge in [0.25, 0.3) is 0 Å². The predicted molar refractivity (Wildman–Crippen MR) is 286 cm³/mol. The number of rotatable bonds is 4. The standard InChI is InChI=1S/C61H37N4O2.CH3.Sn/c1-39-26-28-40(29-27-39)62-41-30-43(63-56-20-8-2-14-50(56)51-15-3-9-21-57(51)63)34-46(32-41)66-48-36-45(65-60-24-12-6-18-54(60)55-19-7-13-25-61(55)65)37-49(38-48)67-47-33-42(62)31-44(35-47)64-58-22-10-4-16-52(58)53-17-5-11-23-59(53)64;;/h2-31,34-37H,1H3;1H3;. The van der Waals surface area contributed by atoms with Gasteiger partial charge < -0.3 is 0 Å². The molecule has 0 saturated heterocycles. The first-order chi connectivity index (χ1) is 34.0. The van der Waals surface area contributed by atoms with Gasteiger partial charge in [-0.1, -0.05) is 0 Å². The quantitative estimate of drug-likeness (QED) is 0.165. The molecule has 0 atom stereocenters. The number of para-hydroxylation sites is 6. The van der Waals surface area contributed by atoms with E-state index in [2.05, 4.69) is 237 Å². The second kappa shape index (κ2) is 13.5. The van der Waals surface area contributed by atoms with Crippen LogP contribution in [0.4, 0.5) is 17.1 Å². The number of nitrogens with zero attached hydrogens (tertiary/aromatic N) is 4. The summed E-state index contributed by atoms with van der Waals surface area (Å²) in [4.78, 5) is 5.12. The molecule has 69 heavy (non-hydrogen) atoms. The van der Waals surface area contributed by atoms with Crippen molar-refractivity contribution < 1.29 is 9.47 Å². The van der Waals surface area contributed by atoms with Crippen molar-refractivity contribution in [2.75, 3.05) is 4.90 Å². The maximum atomic E-state index is 7.54. The van der Waals surface area contributed by atoms with Gasteiger partial charge in [0.1, 0.15) is 0 Å². The molecule has 0 unspecified atom stereocenters. The molecule has 0 bridgehead atoms. The van der Waals surface area contributed by atoms with Crippen molar-refractivity contribution in [1.82, 2.24) is 13.7 Å². The summed E-state index contributed by atoms with van der Waals surface area (Å²) in [6, 6.07) is 75.7. The summed E-state index contributed by atoms with van der Waals surface area (Å²) in [5.41, 5.74) is 14.7. The molecule has 0 amide bonds. The van der Waals surface area contributed by atoms with E-state index < -0.39 is 18.4 Å². The van der Waals surface area contributed by atoms with Crippen molar-refractivity contribution in [2.45, 2.75) is 11.9 Å². The molecule has 6 nitrogen and oxygen atoms in total. The van der Waals surface area contributed by atoms with Crippen LogP contribution in [0.3, 0.4) is 0 Å². The van der Waals surface area contributed by atoms with Crippen LogP contribution in [0, 0.1) is 6.92 Å². The van der Waals surface area contributed by atoms with Crippen LogP contribution in [0.15, 0.2) is 206 Å². The molecule has 3 aliphatic rings. The van der Waals surface area contributed by atoms with Crippen molar-refractivity contribution in [3.05, 3.63) is 212 Å². The molecule has 0 radical (unpaired) electrons. The van der Waals surface area contributed by atoms with Gasteiger partial charge in [-0.25, -0.2) is 0 Å². The SMILES string of the molecule is Cc1ccc(N2c3cc(-n4c5ccccc5c5ccccc54)cc4[c]3[Sn]3([CH3])[c]5c(cc(-n6c7ccccc7c7ccccc76)cc5Oc5cc(-n6c7ccccc7c7ccccc76)cc2[c]53)O4)cc1. The topological polar surface area (TPSA) is 36.5 Å². The summed E-state index contributed by atoms with van der Waals surface area (Å²) in [5.74, 6) is 3.60. The molecule has 16 rings (SSSR count). The third-order valence-corrected chi connectivity index (χ3v) is 28.2. The van der Waals surface area contributed by atoms with Gasteiger partial charge in [-0.3, -0.25) is 0 Å². The molecule has 3 aliphatic heterocycles. The van der Waals surface area contributed by atoms with E-state index in [1.165, 1.54) is 48.6 Å². The fourth-order valence-corrected chi connectivity index (χ4v) is 25.8. The molecule has 0 fully saturated rings. The average molecular weight is 992 g/mol. The predicted octanol–water partition coefficient (Wildman–Crippen LogP) is 14.4. The van der Waals surface area contributed by atoms with E-state index in [9.17, 15) is 0 Å². The second-order valence-corrected chi connectivity index (χ2v) is 29.8. The number of anilines is 3. The van der Waals surface area contributed by atoms with Crippen molar-refractivity contribution in [1.29, 1.82) is 0 Å². The third-order valence-electron chi connectivity index (χ3n) is 15.4. The van der Waals surface area contributed by atoms with Gasteiger partial charge >= 0.3 is 403 Å². The van der Waals surface area contributed by atoms with Crippen LogP contribution >= 0.6 is 0 Å². The summed E-state index contributed by atoms with van der Waals surface area (Å²) in [5, 5.41) is 7.33. The zero-order valence-electron chi connectivity index (χ0n) is 37.7. The first kappa shape index (κ1) is 37.8. The second-order valence-electron chi connectivity index (χ2n) is 19.1. The van der Waals surface area contributed by atoms with Gasteiger partial charge in [0.05, 0.1) is 0 Å². The number of aryl methyl sites for hydroxylation is 1. The molecule has 324 valence electrons. The average Bonchev–Trinajstić information content (AvgIpc) is 4.02. The molecule has 3 aromatic heterocycles. The van der Waals surface area contributed by atoms with E-state index in [-0.39, 0.29) is 0 Å². The minimum atomic E-state index is -4.13. The van der Waals surface area contributed by atoms with Crippen molar-refractivity contribution in [2.24, 2.45) is 0 Å². The minimum absolute atomic E-state index is 0.882. The van der Waals surface area contributed by atoms with Crippen molar-refractivity contribution in [3.8, 4) is 40.1 Å². The van der Waals surface area contributed by atoms with Crippen LogP contribution in [0.25, 0.3) is 82.5 Å². The Balaban J connectivity index is 1.05. The van der Waals surface area contributed by atoms with E-state index in [0.29, 0.717) is 0 Å². The van der Waals surface area contributed by atoms with Crippen LogP contribution in [0.5, 0.6) is 23.0 Å². The van der Waals surface area contributed by atoms with Crippen LogP contribution in [0.2, 0.25) is 4.94 Å². The molecule has 0 spiro atoms. The Kier molecular flexibility index (Phi) is 7.40. The molecular weight excluding hydrogens is 951 g/mol. The Morgan fingerprint density at radius 2 is 0.609 bits per heavy atom. The van der Waals surface area contributed by atoms with Gasteiger partial charge in [0, 0.05) is 0 Å². The number of fused-ring (bicyclic) bond motifs is 9. The Hall–Kier alpha value is -8.20. The Morgan fingerprint density at radius 1 is 0.319 bits per heavy atom. The van der Waals surface area contributed by atoms with E-state index in [4.69, 9.17) is 9.47 Å². The molecule has 10 aromatic carbocycles. The first-order valence-corrected chi connectivity index (χ1v) is 30.9. The fraction of sp³-hybridized carbons (Fsp3) is 0.0323.